The van der Waals surface area contributed by atoms with Crippen LogP contribution in [0.15, 0.2) is 12.7 Å². The molecule has 0 aromatic carbocycles. The van der Waals surface area contributed by atoms with E-state index in [0.717, 1.165) is 0 Å². The van der Waals surface area contributed by atoms with Crippen LogP contribution in [-0.4, -0.2) is 18.1 Å². The van der Waals surface area contributed by atoms with E-state index in [0.29, 0.717) is 13.0 Å². The first kappa shape index (κ1) is 11.5. The molecule has 1 rings (SSSR count). The molecule has 0 saturated heterocycles. The number of nitrogens with two attached hydrogens (primary N) is 1. The molecule has 0 spiro atoms. The van der Waals surface area contributed by atoms with Crippen molar-refractivity contribution in [3.63, 3.8) is 0 Å². The van der Waals surface area contributed by atoms with Crippen molar-refractivity contribution in [1.82, 2.24) is 0 Å². The minimum Gasteiger partial charge on any atom is -0.465 e. The number of hydrogen-bond acceptors (Lipinski definition) is 3. The molecular formula is C8H14ClNO2. The topological polar surface area (TPSA) is 52.3 Å². The molecule has 0 aliphatic heterocycles. The molecule has 0 bridgehead atoms. The first-order valence-electron chi connectivity index (χ1n) is 3.73. The zero-order valence-electron chi connectivity index (χ0n) is 7.08. The molecule has 0 amide bonds. The summed E-state index contributed by atoms with van der Waals surface area (Å²) in [7, 11) is 0. The van der Waals surface area contributed by atoms with Crippen molar-refractivity contribution >= 4 is 18.4 Å². The Bertz CT molecular complexity index is 195. The predicted molar refractivity (Wildman–Crippen MR) is 49.1 cm³/mol. The summed E-state index contributed by atoms with van der Waals surface area (Å²) in [5.41, 5.74) is 4.93. The molecule has 0 heterocycles. The van der Waals surface area contributed by atoms with E-state index in [1.54, 1.807) is 13.0 Å². The molecule has 1 saturated carbocycles. The van der Waals surface area contributed by atoms with Gasteiger partial charge in [-0.15, -0.1) is 19.0 Å². The predicted octanol–water partition coefficient (Wildman–Crippen LogP) is 0.875. The lowest BCUT2D eigenvalue weighted by Gasteiger charge is -2.07. The van der Waals surface area contributed by atoms with Gasteiger partial charge in [-0.2, -0.15) is 0 Å². The highest BCUT2D eigenvalue weighted by Crippen LogP contribution is 2.42. The van der Waals surface area contributed by atoms with Crippen LogP contribution < -0.4 is 5.73 Å². The lowest BCUT2D eigenvalue weighted by molar-refractivity contribution is -0.146. The third-order valence-corrected chi connectivity index (χ3v) is 2.00. The normalized spacial score (nSPS) is 31.7. The number of hydrogen-bond donors (Lipinski definition) is 1. The van der Waals surface area contributed by atoms with Gasteiger partial charge in [-0.25, -0.2) is 0 Å². The van der Waals surface area contributed by atoms with Crippen LogP contribution in [0.25, 0.3) is 0 Å². The standard InChI is InChI=1S/C8H13NO2.ClH/c1-3-6-5-8(6,9)7(10)11-4-2;/h3,6H,1,4-5,9H2,2H3;1H/t6-,8-;/m0./s1. The summed E-state index contributed by atoms with van der Waals surface area (Å²) >= 11 is 0. The SMILES string of the molecule is C=C[C@H]1C[C@@]1(N)C(=O)OCC.Cl. The zero-order valence-corrected chi connectivity index (χ0v) is 7.89. The van der Waals surface area contributed by atoms with Gasteiger partial charge in [-0.1, -0.05) is 6.08 Å². The Morgan fingerprint density at radius 3 is 2.83 bits per heavy atom. The van der Waals surface area contributed by atoms with Gasteiger partial charge in [-0.3, -0.25) is 4.79 Å². The molecule has 12 heavy (non-hydrogen) atoms. The molecule has 2 atom stereocenters. The minimum absolute atomic E-state index is 0. The van der Waals surface area contributed by atoms with Gasteiger partial charge in [0.25, 0.3) is 0 Å². The fourth-order valence-corrected chi connectivity index (χ4v) is 1.10. The van der Waals surface area contributed by atoms with E-state index in [-0.39, 0.29) is 24.3 Å². The molecule has 0 aromatic rings. The molecule has 70 valence electrons. The zero-order chi connectivity index (χ0) is 8.48. The quantitative estimate of drug-likeness (QED) is 0.532. The van der Waals surface area contributed by atoms with Crippen LogP contribution in [0.2, 0.25) is 0 Å². The molecule has 3 nitrogen and oxygen atoms in total. The van der Waals surface area contributed by atoms with E-state index in [1.807, 2.05) is 0 Å². The summed E-state index contributed by atoms with van der Waals surface area (Å²) in [6.45, 7) is 5.73. The fourth-order valence-electron chi connectivity index (χ4n) is 1.10. The summed E-state index contributed by atoms with van der Waals surface area (Å²) in [6.07, 6.45) is 2.38. The van der Waals surface area contributed by atoms with Gasteiger partial charge in [0.1, 0.15) is 5.54 Å². The Kier molecular flexibility index (Phi) is 3.74. The molecular weight excluding hydrogens is 178 g/mol. The van der Waals surface area contributed by atoms with Gasteiger partial charge in [0, 0.05) is 5.92 Å². The molecule has 0 radical (unpaired) electrons. The van der Waals surface area contributed by atoms with Crippen molar-refractivity contribution in [2.24, 2.45) is 11.7 Å². The number of halogens is 1. The van der Waals surface area contributed by atoms with E-state index in [9.17, 15) is 4.79 Å². The highest BCUT2D eigenvalue weighted by Gasteiger charge is 2.56. The van der Waals surface area contributed by atoms with Gasteiger partial charge in [0.2, 0.25) is 0 Å². The van der Waals surface area contributed by atoms with E-state index < -0.39 is 5.54 Å². The third-order valence-electron chi connectivity index (χ3n) is 2.00. The molecule has 0 unspecified atom stereocenters. The van der Waals surface area contributed by atoms with E-state index >= 15 is 0 Å². The smallest absolute Gasteiger partial charge is 0.326 e. The van der Waals surface area contributed by atoms with Crippen molar-refractivity contribution < 1.29 is 9.53 Å². The summed E-state index contributed by atoms with van der Waals surface area (Å²) in [5, 5.41) is 0. The summed E-state index contributed by atoms with van der Waals surface area (Å²) in [4.78, 5) is 11.1. The number of carbonyl (C=O) groups is 1. The summed E-state index contributed by atoms with van der Waals surface area (Å²) in [5.74, 6) is -0.188. The second-order valence-corrected chi connectivity index (χ2v) is 2.81. The van der Waals surface area contributed by atoms with Crippen LogP contribution in [-0.2, 0) is 9.53 Å². The Labute approximate surface area is 78.4 Å². The van der Waals surface area contributed by atoms with Crippen LogP contribution in [0.3, 0.4) is 0 Å². The van der Waals surface area contributed by atoms with Crippen molar-refractivity contribution in [3.05, 3.63) is 12.7 Å². The van der Waals surface area contributed by atoms with Gasteiger partial charge < -0.3 is 10.5 Å². The van der Waals surface area contributed by atoms with Gasteiger partial charge in [0.15, 0.2) is 0 Å². The third kappa shape index (κ3) is 1.79. The largest absolute Gasteiger partial charge is 0.465 e. The average Bonchev–Trinajstić information content (AvgIpc) is 2.64. The first-order chi connectivity index (χ1) is 5.15. The summed E-state index contributed by atoms with van der Waals surface area (Å²) < 4.78 is 4.79. The van der Waals surface area contributed by atoms with Gasteiger partial charge >= 0.3 is 5.97 Å². The average molecular weight is 192 g/mol. The Balaban J connectivity index is 0.00000121. The van der Waals surface area contributed by atoms with Crippen molar-refractivity contribution in [1.29, 1.82) is 0 Å². The Morgan fingerprint density at radius 1 is 1.92 bits per heavy atom. The first-order valence-corrected chi connectivity index (χ1v) is 3.73. The van der Waals surface area contributed by atoms with Crippen LogP contribution in [0.4, 0.5) is 0 Å². The molecule has 2 N–H and O–H groups in total. The highest BCUT2D eigenvalue weighted by molar-refractivity contribution is 5.85. The highest BCUT2D eigenvalue weighted by atomic mass is 35.5. The lowest BCUT2D eigenvalue weighted by atomic mass is 10.2. The maximum absolute atomic E-state index is 11.1. The Morgan fingerprint density at radius 2 is 2.50 bits per heavy atom. The monoisotopic (exact) mass is 191 g/mol. The second kappa shape index (κ2) is 3.92. The van der Waals surface area contributed by atoms with Gasteiger partial charge in [0.05, 0.1) is 6.61 Å². The van der Waals surface area contributed by atoms with Crippen LogP contribution in [0, 0.1) is 5.92 Å². The van der Waals surface area contributed by atoms with Crippen LogP contribution >= 0.6 is 12.4 Å². The number of rotatable bonds is 3. The molecule has 4 heteroatoms. The van der Waals surface area contributed by atoms with Gasteiger partial charge in [-0.05, 0) is 13.3 Å². The molecule has 1 aliphatic carbocycles. The summed E-state index contributed by atoms with van der Waals surface area (Å²) in [6, 6.07) is 0. The minimum atomic E-state index is -0.752. The van der Waals surface area contributed by atoms with Crippen LogP contribution in [0.5, 0.6) is 0 Å². The molecule has 1 aliphatic rings. The lowest BCUT2D eigenvalue weighted by Crippen LogP contribution is -2.36. The van der Waals surface area contributed by atoms with Crippen molar-refractivity contribution in [3.8, 4) is 0 Å². The number of ether oxygens (including phenoxy) is 1. The number of esters is 1. The molecule has 1 fully saturated rings. The van der Waals surface area contributed by atoms with E-state index in [2.05, 4.69) is 6.58 Å². The van der Waals surface area contributed by atoms with E-state index in [4.69, 9.17) is 10.5 Å². The fraction of sp³-hybridized carbons (Fsp3) is 0.625. The maximum Gasteiger partial charge on any atom is 0.326 e. The van der Waals surface area contributed by atoms with E-state index in [1.165, 1.54) is 0 Å². The van der Waals surface area contributed by atoms with Crippen molar-refractivity contribution in [2.45, 2.75) is 18.9 Å². The Hall–Kier alpha value is -0.540. The maximum atomic E-state index is 11.1. The van der Waals surface area contributed by atoms with Crippen molar-refractivity contribution in [2.75, 3.05) is 6.61 Å². The second-order valence-electron chi connectivity index (χ2n) is 2.81. The number of carbonyl (C=O) groups excluding carboxylic acids is 1. The molecule has 0 aromatic heterocycles. The van der Waals surface area contributed by atoms with Crippen LogP contribution in [0.1, 0.15) is 13.3 Å².